The number of hydrogen-bond donors (Lipinski definition) is 0. The Bertz CT molecular complexity index is 3720. The first-order valence-corrected chi connectivity index (χ1v) is 19.6. The molecule has 0 saturated heterocycles. The molecule has 254 valence electrons. The smallest absolute Gasteiger partial charge is 0.136 e. The van der Waals surface area contributed by atoms with Crippen molar-refractivity contribution in [2.24, 2.45) is 0 Å². The molecule has 2 aromatic heterocycles. The summed E-state index contributed by atoms with van der Waals surface area (Å²) in [5.74, 6) is 0. The molecule has 11 aromatic carbocycles. The minimum absolute atomic E-state index is 0.919. The zero-order chi connectivity index (χ0) is 35.8. The molecule has 13 rings (SSSR count). The van der Waals surface area contributed by atoms with Crippen molar-refractivity contribution >= 4 is 135 Å². The Morgan fingerprint density at radius 1 is 0.345 bits per heavy atom. The van der Waals surface area contributed by atoms with Crippen molar-refractivity contribution in [3.8, 4) is 0 Å². The SMILES string of the molecule is c1cc2ccc3ccc(N(c4ccc5c(c4)c4ccccc4c4cc6oc7ccccc7c6cc54)c4cccc5c4sc4ccccc45)c4ccc(c1)c2c34. The Balaban J connectivity index is 1.15. The first kappa shape index (κ1) is 29.5. The average Bonchev–Trinajstić information content (AvgIpc) is 3.81. The second-order valence-electron chi connectivity index (χ2n) is 14.8. The number of benzene rings is 11. The number of anilines is 3. The lowest BCUT2D eigenvalue weighted by atomic mass is 9.92. The number of furan rings is 1. The van der Waals surface area contributed by atoms with E-state index in [1.807, 2.05) is 17.4 Å². The van der Waals surface area contributed by atoms with Crippen LogP contribution in [0.1, 0.15) is 0 Å². The zero-order valence-electron chi connectivity index (χ0n) is 29.5. The maximum atomic E-state index is 6.40. The predicted octanol–water partition coefficient (Wildman–Crippen LogP) is 15.8. The highest BCUT2D eigenvalue weighted by molar-refractivity contribution is 7.26. The van der Waals surface area contributed by atoms with Gasteiger partial charge in [-0.1, -0.05) is 127 Å². The molecule has 2 nitrogen and oxygen atoms in total. The summed E-state index contributed by atoms with van der Waals surface area (Å²) in [6, 6.07) is 65.0. The van der Waals surface area contributed by atoms with Gasteiger partial charge in [0.15, 0.2) is 0 Å². The van der Waals surface area contributed by atoms with Gasteiger partial charge in [-0.25, -0.2) is 0 Å². The van der Waals surface area contributed by atoms with Gasteiger partial charge >= 0.3 is 0 Å². The molecular weight excluding hydrogens is 687 g/mol. The lowest BCUT2D eigenvalue weighted by Gasteiger charge is -2.28. The third-order valence-electron chi connectivity index (χ3n) is 11.9. The summed E-state index contributed by atoms with van der Waals surface area (Å²) < 4.78 is 8.98. The van der Waals surface area contributed by atoms with E-state index in [0.29, 0.717) is 0 Å². The van der Waals surface area contributed by atoms with Gasteiger partial charge < -0.3 is 9.32 Å². The Kier molecular flexibility index (Phi) is 5.80. The van der Waals surface area contributed by atoms with E-state index in [9.17, 15) is 0 Å². The second kappa shape index (κ2) is 10.8. The number of hydrogen-bond acceptors (Lipinski definition) is 3. The zero-order valence-corrected chi connectivity index (χ0v) is 30.3. The lowest BCUT2D eigenvalue weighted by molar-refractivity contribution is 0.669. The number of nitrogens with zero attached hydrogens (tertiary/aromatic N) is 1. The van der Waals surface area contributed by atoms with E-state index in [4.69, 9.17) is 4.42 Å². The van der Waals surface area contributed by atoms with Crippen molar-refractivity contribution in [3.63, 3.8) is 0 Å². The number of rotatable bonds is 3. The summed E-state index contributed by atoms with van der Waals surface area (Å²) in [6.07, 6.45) is 0. The van der Waals surface area contributed by atoms with Crippen LogP contribution in [-0.4, -0.2) is 0 Å². The molecule has 0 spiro atoms. The van der Waals surface area contributed by atoms with Crippen LogP contribution < -0.4 is 4.90 Å². The van der Waals surface area contributed by atoms with Crippen LogP contribution in [0.3, 0.4) is 0 Å². The predicted molar refractivity (Wildman–Crippen MR) is 238 cm³/mol. The highest BCUT2D eigenvalue weighted by Gasteiger charge is 2.23. The highest BCUT2D eigenvalue weighted by Crippen LogP contribution is 2.49. The molecule has 0 bridgehead atoms. The molecule has 55 heavy (non-hydrogen) atoms. The van der Waals surface area contributed by atoms with Gasteiger partial charge in [0.1, 0.15) is 11.2 Å². The Morgan fingerprint density at radius 3 is 1.82 bits per heavy atom. The van der Waals surface area contributed by atoms with Crippen molar-refractivity contribution < 1.29 is 4.42 Å². The van der Waals surface area contributed by atoms with Crippen LogP contribution in [0.5, 0.6) is 0 Å². The minimum Gasteiger partial charge on any atom is -0.456 e. The summed E-state index contributed by atoms with van der Waals surface area (Å²) in [4.78, 5) is 2.52. The van der Waals surface area contributed by atoms with Gasteiger partial charge in [0.05, 0.1) is 16.1 Å². The first-order chi connectivity index (χ1) is 27.3. The first-order valence-electron chi connectivity index (χ1n) is 18.8. The van der Waals surface area contributed by atoms with Gasteiger partial charge in [-0.2, -0.15) is 0 Å². The normalized spacial score (nSPS) is 12.4. The van der Waals surface area contributed by atoms with Gasteiger partial charge in [0.25, 0.3) is 0 Å². The molecule has 0 saturated carbocycles. The summed E-state index contributed by atoms with van der Waals surface area (Å²) in [7, 11) is 0. The minimum atomic E-state index is 0.919. The van der Waals surface area contributed by atoms with Crippen LogP contribution in [0.25, 0.3) is 107 Å². The fraction of sp³-hybridized carbons (Fsp3) is 0. The van der Waals surface area contributed by atoms with Crippen LogP contribution in [0.4, 0.5) is 17.1 Å². The van der Waals surface area contributed by atoms with Crippen LogP contribution in [-0.2, 0) is 0 Å². The van der Waals surface area contributed by atoms with Crippen molar-refractivity contribution in [3.05, 3.63) is 176 Å². The van der Waals surface area contributed by atoms with Gasteiger partial charge in [-0.15, -0.1) is 11.3 Å². The average molecular weight is 716 g/mol. The van der Waals surface area contributed by atoms with E-state index in [1.165, 1.54) is 96.2 Å². The summed E-state index contributed by atoms with van der Waals surface area (Å²) >= 11 is 1.88. The van der Waals surface area contributed by atoms with Crippen molar-refractivity contribution in [2.45, 2.75) is 0 Å². The Morgan fingerprint density at radius 2 is 0.964 bits per heavy atom. The molecule has 0 aliphatic rings. The van der Waals surface area contributed by atoms with Crippen LogP contribution in [0, 0.1) is 0 Å². The van der Waals surface area contributed by atoms with Crippen LogP contribution in [0.15, 0.2) is 180 Å². The summed E-state index contributed by atoms with van der Waals surface area (Å²) in [5, 5.41) is 20.0. The van der Waals surface area contributed by atoms with Gasteiger partial charge in [0, 0.05) is 37.3 Å². The van der Waals surface area contributed by atoms with Gasteiger partial charge in [-0.3, -0.25) is 0 Å². The molecule has 2 heterocycles. The van der Waals surface area contributed by atoms with Crippen LogP contribution >= 0.6 is 11.3 Å². The Hall–Kier alpha value is -6.94. The fourth-order valence-corrected chi connectivity index (χ4v) is 10.7. The molecule has 0 amide bonds. The van der Waals surface area contributed by atoms with Crippen LogP contribution in [0.2, 0.25) is 0 Å². The molecule has 0 radical (unpaired) electrons. The van der Waals surface area contributed by atoms with Gasteiger partial charge in [-0.05, 0) is 108 Å². The topological polar surface area (TPSA) is 16.4 Å². The summed E-state index contributed by atoms with van der Waals surface area (Å²) in [5.41, 5.74) is 5.33. The summed E-state index contributed by atoms with van der Waals surface area (Å²) in [6.45, 7) is 0. The van der Waals surface area contributed by atoms with E-state index in [-0.39, 0.29) is 0 Å². The third-order valence-corrected chi connectivity index (χ3v) is 13.2. The molecular formula is C52H29NOS. The van der Waals surface area contributed by atoms with Gasteiger partial charge in [0.2, 0.25) is 0 Å². The van der Waals surface area contributed by atoms with E-state index < -0.39 is 0 Å². The maximum Gasteiger partial charge on any atom is 0.136 e. The van der Waals surface area contributed by atoms with E-state index in [2.05, 4.69) is 175 Å². The van der Waals surface area contributed by atoms with Crippen molar-refractivity contribution in [2.75, 3.05) is 4.90 Å². The highest BCUT2D eigenvalue weighted by atomic mass is 32.1. The van der Waals surface area contributed by atoms with Crippen molar-refractivity contribution in [1.29, 1.82) is 0 Å². The lowest BCUT2D eigenvalue weighted by Crippen LogP contribution is -2.11. The molecule has 0 unspecified atom stereocenters. The molecule has 0 aliphatic carbocycles. The molecule has 0 fully saturated rings. The number of fused-ring (bicyclic) bond motifs is 12. The van der Waals surface area contributed by atoms with E-state index in [1.54, 1.807) is 0 Å². The largest absolute Gasteiger partial charge is 0.456 e. The molecule has 0 aliphatic heterocycles. The maximum absolute atomic E-state index is 6.40. The molecule has 3 heteroatoms. The quantitative estimate of drug-likeness (QED) is 0.169. The standard InChI is InChI=1S/C52H29NOS/c1-2-12-35-34(11-1)41-27-33(23-25-36(41)42-28-44-37-13-3-5-17-47(37)54-48(44)29-43(35)42)53(46-16-8-15-39-38-14-4-6-18-49(38)55-52(39)46)45-26-22-32-20-19-30-9-7-10-31-21-24-40(45)51(32)50(30)31/h1-29H. The molecule has 0 N–H and O–H groups in total. The molecule has 13 aromatic rings. The van der Waals surface area contributed by atoms with E-state index in [0.717, 1.165) is 27.6 Å². The molecule has 0 atom stereocenters. The fourth-order valence-electron chi connectivity index (χ4n) is 9.53. The number of thiophene rings is 1. The second-order valence-corrected chi connectivity index (χ2v) is 15.8. The van der Waals surface area contributed by atoms with Crippen molar-refractivity contribution in [1.82, 2.24) is 0 Å². The number of para-hydroxylation sites is 1. The Labute approximate surface area is 319 Å². The van der Waals surface area contributed by atoms with E-state index >= 15 is 0 Å². The third kappa shape index (κ3) is 4.03. The monoisotopic (exact) mass is 715 g/mol.